The number of nitrogens with zero attached hydrogens (tertiary/aromatic N) is 3. The number of nitrogens with two attached hydrogens (primary N) is 1. The Kier molecular flexibility index (Phi) is 2.82. The number of rotatable bonds is 3. The van der Waals surface area contributed by atoms with Crippen molar-refractivity contribution in [2.75, 3.05) is 0 Å². The molecule has 0 radical (unpaired) electrons. The standard InChI is InChI=1S/C10H12N4O2/c1-2-14-4-3-7(5-9(14)15)10-12-8(6-11)16-13-10/h3-5H,2,6,11H2,1H3. The lowest BCUT2D eigenvalue weighted by Gasteiger charge is -2.00. The number of hydrogen-bond donors (Lipinski definition) is 1. The minimum absolute atomic E-state index is 0.0842. The van der Waals surface area contributed by atoms with Crippen molar-refractivity contribution in [2.45, 2.75) is 20.0 Å². The largest absolute Gasteiger partial charge is 0.338 e. The monoisotopic (exact) mass is 220 g/mol. The predicted octanol–water partition coefficient (Wildman–Crippen LogP) is 0.377. The van der Waals surface area contributed by atoms with Gasteiger partial charge in [-0.3, -0.25) is 4.79 Å². The molecule has 0 saturated heterocycles. The average molecular weight is 220 g/mol. The van der Waals surface area contributed by atoms with E-state index in [1.807, 2.05) is 6.92 Å². The molecule has 2 N–H and O–H groups in total. The van der Waals surface area contributed by atoms with Crippen LogP contribution >= 0.6 is 0 Å². The summed E-state index contributed by atoms with van der Waals surface area (Å²) in [5.41, 5.74) is 5.91. The maximum Gasteiger partial charge on any atom is 0.251 e. The molecule has 0 aromatic carbocycles. The topological polar surface area (TPSA) is 86.9 Å². The lowest BCUT2D eigenvalue weighted by molar-refractivity contribution is 0.380. The fraction of sp³-hybridized carbons (Fsp3) is 0.300. The van der Waals surface area contributed by atoms with Crippen LogP contribution < -0.4 is 11.3 Å². The molecule has 0 atom stereocenters. The zero-order valence-electron chi connectivity index (χ0n) is 8.88. The van der Waals surface area contributed by atoms with E-state index < -0.39 is 0 Å². The molecule has 0 aliphatic heterocycles. The van der Waals surface area contributed by atoms with Gasteiger partial charge in [0.1, 0.15) is 0 Å². The van der Waals surface area contributed by atoms with E-state index in [-0.39, 0.29) is 12.1 Å². The highest BCUT2D eigenvalue weighted by atomic mass is 16.5. The second-order valence-corrected chi connectivity index (χ2v) is 3.26. The Balaban J connectivity index is 2.41. The molecule has 0 bridgehead atoms. The fourth-order valence-corrected chi connectivity index (χ4v) is 1.36. The van der Waals surface area contributed by atoms with E-state index in [9.17, 15) is 4.79 Å². The quantitative estimate of drug-likeness (QED) is 0.807. The number of pyridine rings is 1. The molecule has 0 saturated carbocycles. The van der Waals surface area contributed by atoms with Crippen molar-refractivity contribution in [3.05, 3.63) is 34.6 Å². The van der Waals surface area contributed by atoms with E-state index in [1.165, 1.54) is 6.07 Å². The molecule has 2 aromatic heterocycles. The maximum atomic E-state index is 11.6. The van der Waals surface area contributed by atoms with Gasteiger partial charge >= 0.3 is 0 Å². The van der Waals surface area contributed by atoms with Crippen LogP contribution in [0.4, 0.5) is 0 Å². The van der Waals surface area contributed by atoms with Crippen molar-refractivity contribution in [2.24, 2.45) is 5.73 Å². The van der Waals surface area contributed by atoms with E-state index >= 15 is 0 Å². The third-order valence-corrected chi connectivity index (χ3v) is 2.24. The fourth-order valence-electron chi connectivity index (χ4n) is 1.36. The summed E-state index contributed by atoms with van der Waals surface area (Å²) in [4.78, 5) is 15.6. The van der Waals surface area contributed by atoms with Crippen molar-refractivity contribution in [3.8, 4) is 11.4 Å². The van der Waals surface area contributed by atoms with Gasteiger partial charge < -0.3 is 14.8 Å². The summed E-state index contributed by atoms with van der Waals surface area (Å²) in [6.45, 7) is 2.74. The maximum absolute atomic E-state index is 11.6. The molecule has 2 rings (SSSR count). The molecule has 2 aromatic rings. The highest BCUT2D eigenvalue weighted by molar-refractivity contribution is 5.52. The Hall–Kier alpha value is -1.95. The first-order valence-corrected chi connectivity index (χ1v) is 4.98. The van der Waals surface area contributed by atoms with Crippen LogP contribution in [-0.4, -0.2) is 14.7 Å². The van der Waals surface area contributed by atoms with Gasteiger partial charge in [-0.05, 0) is 13.0 Å². The second-order valence-electron chi connectivity index (χ2n) is 3.26. The predicted molar refractivity (Wildman–Crippen MR) is 57.6 cm³/mol. The Morgan fingerprint density at radius 1 is 1.56 bits per heavy atom. The van der Waals surface area contributed by atoms with Gasteiger partial charge in [0.15, 0.2) is 0 Å². The van der Waals surface area contributed by atoms with E-state index in [0.717, 1.165) is 0 Å². The Morgan fingerprint density at radius 2 is 2.38 bits per heavy atom. The third-order valence-electron chi connectivity index (χ3n) is 2.24. The minimum atomic E-state index is -0.0842. The molecule has 6 nitrogen and oxygen atoms in total. The molecule has 16 heavy (non-hydrogen) atoms. The van der Waals surface area contributed by atoms with E-state index in [2.05, 4.69) is 10.1 Å². The molecule has 0 spiro atoms. The zero-order valence-corrected chi connectivity index (χ0v) is 8.88. The van der Waals surface area contributed by atoms with Gasteiger partial charge in [0.2, 0.25) is 11.7 Å². The summed E-state index contributed by atoms with van der Waals surface area (Å²) in [6, 6.07) is 3.25. The van der Waals surface area contributed by atoms with Gasteiger partial charge in [0, 0.05) is 24.4 Å². The zero-order chi connectivity index (χ0) is 11.5. The molecule has 2 heterocycles. The van der Waals surface area contributed by atoms with Gasteiger partial charge in [0.05, 0.1) is 6.54 Å². The normalized spacial score (nSPS) is 10.6. The Morgan fingerprint density at radius 3 is 2.94 bits per heavy atom. The first-order chi connectivity index (χ1) is 7.74. The first kappa shape index (κ1) is 10.6. The third kappa shape index (κ3) is 1.87. The molecule has 0 aliphatic rings. The summed E-state index contributed by atoms with van der Waals surface area (Å²) in [5, 5.41) is 3.74. The molecule has 0 unspecified atom stereocenters. The highest BCUT2D eigenvalue weighted by Crippen LogP contribution is 2.12. The molecular formula is C10H12N4O2. The van der Waals surface area contributed by atoms with Gasteiger partial charge in [-0.25, -0.2) is 0 Å². The average Bonchev–Trinajstić information content (AvgIpc) is 2.77. The lowest BCUT2D eigenvalue weighted by atomic mass is 10.2. The SMILES string of the molecule is CCn1ccc(-c2noc(CN)n2)cc1=O. The molecular weight excluding hydrogens is 208 g/mol. The van der Waals surface area contributed by atoms with Crippen molar-refractivity contribution in [1.29, 1.82) is 0 Å². The summed E-state index contributed by atoms with van der Waals surface area (Å²) < 4.78 is 6.46. The van der Waals surface area contributed by atoms with E-state index in [4.69, 9.17) is 10.3 Å². The smallest absolute Gasteiger partial charge is 0.251 e. The summed E-state index contributed by atoms with van der Waals surface area (Å²) in [7, 11) is 0. The van der Waals surface area contributed by atoms with Crippen molar-refractivity contribution in [3.63, 3.8) is 0 Å². The van der Waals surface area contributed by atoms with Crippen molar-refractivity contribution < 1.29 is 4.52 Å². The lowest BCUT2D eigenvalue weighted by Crippen LogP contribution is -2.17. The Bertz CT molecular complexity index is 544. The number of hydrogen-bond acceptors (Lipinski definition) is 5. The summed E-state index contributed by atoms with van der Waals surface area (Å²) >= 11 is 0. The van der Waals surface area contributed by atoms with Gasteiger partial charge in [-0.2, -0.15) is 4.98 Å². The van der Waals surface area contributed by atoms with E-state index in [1.54, 1.807) is 16.8 Å². The summed E-state index contributed by atoms with van der Waals surface area (Å²) in [6.07, 6.45) is 1.70. The van der Waals surface area contributed by atoms with Crippen LogP contribution in [0.25, 0.3) is 11.4 Å². The van der Waals surface area contributed by atoms with Crippen LogP contribution in [0, 0.1) is 0 Å². The van der Waals surface area contributed by atoms with Crippen LogP contribution in [0.5, 0.6) is 0 Å². The van der Waals surface area contributed by atoms with Gasteiger partial charge in [-0.15, -0.1) is 0 Å². The van der Waals surface area contributed by atoms with Crippen LogP contribution in [0.3, 0.4) is 0 Å². The minimum Gasteiger partial charge on any atom is -0.338 e. The van der Waals surface area contributed by atoms with Gasteiger partial charge in [-0.1, -0.05) is 5.16 Å². The number of aryl methyl sites for hydroxylation is 1. The van der Waals surface area contributed by atoms with Crippen LogP contribution in [0.1, 0.15) is 12.8 Å². The van der Waals surface area contributed by atoms with Gasteiger partial charge in [0.25, 0.3) is 5.56 Å². The van der Waals surface area contributed by atoms with Crippen molar-refractivity contribution in [1.82, 2.24) is 14.7 Å². The summed E-state index contributed by atoms with van der Waals surface area (Å²) in [5.74, 6) is 0.746. The molecule has 6 heteroatoms. The molecule has 84 valence electrons. The van der Waals surface area contributed by atoms with Crippen LogP contribution in [0.15, 0.2) is 27.6 Å². The Labute approximate surface area is 91.7 Å². The van der Waals surface area contributed by atoms with Crippen LogP contribution in [0.2, 0.25) is 0 Å². The second kappa shape index (κ2) is 4.28. The van der Waals surface area contributed by atoms with Crippen molar-refractivity contribution >= 4 is 0 Å². The highest BCUT2D eigenvalue weighted by Gasteiger charge is 2.08. The molecule has 0 fully saturated rings. The molecule has 0 aliphatic carbocycles. The first-order valence-electron chi connectivity index (χ1n) is 4.98. The van der Waals surface area contributed by atoms with Crippen LogP contribution in [-0.2, 0) is 13.1 Å². The van der Waals surface area contributed by atoms with E-state index in [0.29, 0.717) is 23.8 Å². The number of aromatic nitrogens is 3. The molecule has 0 amide bonds.